The van der Waals surface area contributed by atoms with Crippen molar-refractivity contribution in [2.75, 3.05) is 0 Å². The third kappa shape index (κ3) is 2.74. The first-order valence-corrected chi connectivity index (χ1v) is 10.7. The first-order chi connectivity index (χ1) is 12.7. The summed E-state index contributed by atoms with van der Waals surface area (Å²) in [5, 5.41) is 0. The molecule has 0 aromatic rings. The van der Waals surface area contributed by atoms with E-state index >= 15 is 0 Å². The Balaban J connectivity index is 1.60. The Morgan fingerprint density at radius 1 is 1.07 bits per heavy atom. The maximum absolute atomic E-state index is 13.2. The second-order valence-electron chi connectivity index (χ2n) is 10.1. The lowest BCUT2D eigenvalue weighted by molar-refractivity contribution is -0.155. The van der Waals surface area contributed by atoms with Gasteiger partial charge >= 0.3 is 5.97 Å². The lowest BCUT2D eigenvalue weighted by Gasteiger charge is -2.56. The molecular formula is C23H32O4. The zero-order valence-corrected chi connectivity index (χ0v) is 17.0. The number of ether oxygens (including phenoxy) is 1. The van der Waals surface area contributed by atoms with E-state index in [0.717, 1.165) is 32.1 Å². The van der Waals surface area contributed by atoms with Gasteiger partial charge < -0.3 is 4.74 Å². The lowest BCUT2D eigenvalue weighted by Crippen LogP contribution is -2.53. The highest BCUT2D eigenvalue weighted by atomic mass is 16.5. The predicted octanol–water partition coefficient (Wildman–Crippen LogP) is 4.27. The number of ketones is 2. The largest absolute Gasteiger partial charge is 0.462 e. The Labute approximate surface area is 162 Å². The molecule has 0 heterocycles. The molecule has 4 aliphatic carbocycles. The number of fused-ring (bicyclic) bond motifs is 5. The molecule has 0 radical (unpaired) electrons. The first kappa shape index (κ1) is 18.9. The van der Waals surface area contributed by atoms with Crippen LogP contribution in [0.15, 0.2) is 11.6 Å². The summed E-state index contributed by atoms with van der Waals surface area (Å²) in [7, 11) is 0. The van der Waals surface area contributed by atoms with E-state index in [1.807, 2.05) is 19.9 Å². The number of rotatable bonds is 2. The van der Waals surface area contributed by atoms with Crippen LogP contribution >= 0.6 is 0 Å². The zero-order chi connectivity index (χ0) is 19.6. The van der Waals surface area contributed by atoms with Gasteiger partial charge in [0.15, 0.2) is 5.78 Å². The number of esters is 1. The maximum Gasteiger partial charge on any atom is 0.308 e. The molecule has 0 spiro atoms. The topological polar surface area (TPSA) is 60.4 Å². The van der Waals surface area contributed by atoms with Gasteiger partial charge in [0, 0.05) is 24.2 Å². The van der Waals surface area contributed by atoms with Crippen LogP contribution in [0.1, 0.15) is 72.6 Å². The molecule has 27 heavy (non-hydrogen) atoms. The van der Waals surface area contributed by atoms with Crippen LogP contribution in [0.4, 0.5) is 0 Å². The predicted molar refractivity (Wildman–Crippen MR) is 102 cm³/mol. The van der Waals surface area contributed by atoms with E-state index in [-0.39, 0.29) is 46.4 Å². The highest BCUT2D eigenvalue weighted by Gasteiger charge is 2.61. The Morgan fingerprint density at radius 3 is 2.44 bits per heavy atom. The standard InChI is InChI=1S/C23H32O4/c1-13(2)21(26)27-15-7-9-22(3)14(11-15)12-18(24)20-16-5-6-19(25)23(16,4)10-8-17(20)22/h12-13,15-17,20H,5-11H2,1-4H3/t15-,16-,17-,20-,22-,23-/m0/s1. The van der Waals surface area contributed by atoms with E-state index in [4.69, 9.17) is 4.74 Å². The highest BCUT2D eigenvalue weighted by Crippen LogP contribution is 2.63. The fourth-order valence-corrected chi connectivity index (χ4v) is 6.54. The molecule has 0 aromatic heterocycles. The molecule has 148 valence electrons. The van der Waals surface area contributed by atoms with Crippen molar-refractivity contribution in [2.45, 2.75) is 78.7 Å². The normalized spacial score (nSPS) is 43.7. The van der Waals surface area contributed by atoms with Crippen LogP contribution in [0, 0.1) is 34.5 Å². The number of hydrogen-bond acceptors (Lipinski definition) is 4. The van der Waals surface area contributed by atoms with Crippen molar-refractivity contribution in [1.29, 1.82) is 0 Å². The van der Waals surface area contributed by atoms with E-state index in [9.17, 15) is 14.4 Å². The van der Waals surface area contributed by atoms with Gasteiger partial charge in [0.25, 0.3) is 0 Å². The average Bonchev–Trinajstić information content (AvgIpc) is 2.91. The Kier molecular flexibility index (Phi) is 4.40. The minimum atomic E-state index is -0.289. The highest BCUT2D eigenvalue weighted by molar-refractivity contribution is 5.96. The molecule has 4 heteroatoms. The average molecular weight is 373 g/mol. The molecule has 0 aromatic carbocycles. The van der Waals surface area contributed by atoms with Crippen molar-refractivity contribution in [3.05, 3.63) is 11.6 Å². The van der Waals surface area contributed by atoms with Crippen molar-refractivity contribution in [3.63, 3.8) is 0 Å². The molecule has 4 aliphatic rings. The Bertz CT molecular complexity index is 720. The van der Waals surface area contributed by atoms with E-state index in [2.05, 4.69) is 13.8 Å². The van der Waals surface area contributed by atoms with Gasteiger partial charge in [0.2, 0.25) is 0 Å². The second kappa shape index (κ2) is 6.28. The quantitative estimate of drug-likeness (QED) is 0.679. The fraction of sp³-hybridized carbons (Fsp3) is 0.783. The van der Waals surface area contributed by atoms with Crippen LogP contribution in [-0.2, 0) is 19.1 Å². The number of hydrogen-bond donors (Lipinski definition) is 0. The van der Waals surface area contributed by atoms with Gasteiger partial charge in [-0.1, -0.05) is 33.3 Å². The SMILES string of the molecule is CC(C)C(=O)O[C@H]1CC[C@@]2(C)C(=CC(=O)[C@@H]3[C@@H]2CC[C@]2(C)C(=O)CC[C@@H]32)C1. The molecule has 0 N–H and O–H groups in total. The molecule has 4 nitrogen and oxygen atoms in total. The number of carbonyl (C=O) groups is 3. The molecular weight excluding hydrogens is 340 g/mol. The van der Waals surface area contributed by atoms with Gasteiger partial charge in [0.1, 0.15) is 11.9 Å². The van der Waals surface area contributed by atoms with Gasteiger partial charge in [-0.25, -0.2) is 0 Å². The summed E-state index contributed by atoms with van der Waals surface area (Å²) in [4.78, 5) is 37.7. The molecule has 0 amide bonds. The van der Waals surface area contributed by atoms with E-state index < -0.39 is 0 Å². The second-order valence-corrected chi connectivity index (χ2v) is 10.1. The minimum Gasteiger partial charge on any atom is -0.462 e. The molecule has 0 unspecified atom stereocenters. The summed E-state index contributed by atoms with van der Waals surface area (Å²) >= 11 is 0. The monoisotopic (exact) mass is 372 g/mol. The van der Waals surface area contributed by atoms with Crippen LogP contribution in [0.25, 0.3) is 0 Å². The van der Waals surface area contributed by atoms with E-state index in [1.54, 1.807) is 0 Å². The van der Waals surface area contributed by atoms with Crippen LogP contribution in [0.3, 0.4) is 0 Å². The van der Waals surface area contributed by atoms with Gasteiger partial charge in [-0.05, 0) is 55.4 Å². The molecule has 0 aliphatic heterocycles. The van der Waals surface area contributed by atoms with Crippen molar-refractivity contribution in [2.24, 2.45) is 34.5 Å². The summed E-state index contributed by atoms with van der Waals surface area (Å²) in [5.41, 5.74) is 0.893. The molecule has 3 saturated carbocycles. The Morgan fingerprint density at radius 2 is 1.74 bits per heavy atom. The lowest BCUT2D eigenvalue weighted by atomic mass is 9.48. The summed E-state index contributed by atoms with van der Waals surface area (Å²) < 4.78 is 5.68. The maximum atomic E-state index is 13.2. The van der Waals surface area contributed by atoms with E-state index in [1.165, 1.54) is 5.57 Å². The van der Waals surface area contributed by atoms with Gasteiger partial charge in [-0.15, -0.1) is 0 Å². The van der Waals surface area contributed by atoms with Gasteiger partial charge in [-0.2, -0.15) is 0 Å². The van der Waals surface area contributed by atoms with Crippen molar-refractivity contribution in [1.82, 2.24) is 0 Å². The summed E-state index contributed by atoms with van der Waals surface area (Å²) in [6, 6.07) is 0. The van der Waals surface area contributed by atoms with Crippen molar-refractivity contribution < 1.29 is 19.1 Å². The van der Waals surface area contributed by atoms with Gasteiger partial charge in [0.05, 0.1) is 5.92 Å². The number of Topliss-reactive ketones (excluding diaryl/α,β-unsaturated/α-hetero) is 1. The molecule has 6 atom stereocenters. The van der Waals surface area contributed by atoms with Crippen molar-refractivity contribution >= 4 is 17.5 Å². The zero-order valence-electron chi connectivity index (χ0n) is 17.0. The van der Waals surface area contributed by atoms with Crippen LogP contribution < -0.4 is 0 Å². The summed E-state index contributed by atoms with van der Waals surface area (Å²) in [5.74, 6) is 0.844. The van der Waals surface area contributed by atoms with E-state index in [0.29, 0.717) is 24.5 Å². The number of carbonyl (C=O) groups excluding carboxylic acids is 3. The molecule has 0 bridgehead atoms. The smallest absolute Gasteiger partial charge is 0.308 e. The molecule has 3 fully saturated rings. The van der Waals surface area contributed by atoms with Gasteiger partial charge in [-0.3, -0.25) is 14.4 Å². The van der Waals surface area contributed by atoms with Crippen molar-refractivity contribution in [3.8, 4) is 0 Å². The summed E-state index contributed by atoms with van der Waals surface area (Å²) in [6.07, 6.45) is 7.65. The van der Waals surface area contributed by atoms with Crippen LogP contribution in [-0.4, -0.2) is 23.6 Å². The van der Waals surface area contributed by atoms with Crippen LogP contribution in [0.2, 0.25) is 0 Å². The minimum absolute atomic E-state index is 0.00119. The Hall–Kier alpha value is -1.45. The molecule has 4 rings (SSSR count). The molecule has 0 saturated heterocycles. The first-order valence-electron chi connectivity index (χ1n) is 10.7. The van der Waals surface area contributed by atoms with Crippen LogP contribution in [0.5, 0.6) is 0 Å². The third-order valence-corrected chi connectivity index (χ3v) is 8.36. The summed E-state index contributed by atoms with van der Waals surface area (Å²) in [6.45, 7) is 8.11. The fourth-order valence-electron chi connectivity index (χ4n) is 6.54. The third-order valence-electron chi connectivity index (χ3n) is 8.36. The number of allylic oxidation sites excluding steroid dienone is 1.